The van der Waals surface area contributed by atoms with Gasteiger partial charge in [-0.2, -0.15) is 0 Å². The highest BCUT2D eigenvalue weighted by Gasteiger charge is 2.21. The summed E-state index contributed by atoms with van der Waals surface area (Å²) in [4.78, 5) is 4.10. The SMILES string of the molecule is CNCc1cc(S(=O)(=O)Nc2cncc(C)c2)c(C)o1. The molecule has 2 aromatic rings. The Balaban J connectivity index is 2.30. The van der Waals surface area contributed by atoms with Crippen LogP contribution in [0.4, 0.5) is 5.69 Å². The Hall–Kier alpha value is -1.86. The first-order valence-electron chi connectivity index (χ1n) is 6.11. The molecular formula is C13H17N3O3S. The number of sulfonamides is 1. The molecule has 0 aliphatic rings. The molecule has 2 rings (SSSR count). The topological polar surface area (TPSA) is 84.2 Å². The van der Waals surface area contributed by atoms with Gasteiger partial charge in [0, 0.05) is 12.3 Å². The molecular weight excluding hydrogens is 278 g/mol. The molecule has 0 unspecified atom stereocenters. The van der Waals surface area contributed by atoms with E-state index in [1.54, 1.807) is 26.2 Å². The molecule has 2 N–H and O–H groups in total. The van der Waals surface area contributed by atoms with Crippen molar-refractivity contribution in [2.24, 2.45) is 0 Å². The van der Waals surface area contributed by atoms with Gasteiger partial charge in [-0.15, -0.1) is 0 Å². The molecule has 0 fully saturated rings. The molecule has 6 nitrogen and oxygen atoms in total. The Kier molecular flexibility index (Phi) is 4.10. The zero-order chi connectivity index (χ0) is 14.8. The highest BCUT2D eigenvalue weighted by atomic mass is 32.2. The maximum absolute atomic E-state index is 12.3. The van der Waals surface area contributed by atoms with Crippen LogP contribution in [0.2, 0.25) is 0 Å². The average Bonchev–Trinajstić information content (AvgIpc) is 2.71. The number of furan rings is 1. The third kappa shape index (κ3) is 3.17. The fraction of sp³-hybridized carbons (Fsp3) is 0.308. The third-order valence-electron chi connectivity index (χ3n) is 2.69. The van der Waals surface area contributed by atoms with E-state index < -0.39 is 10.0 Å². The van der Waals surface area contributed by atoms with Crippen LogP contribution in [0.15, 0.2) is 33.8 Å². The number of aryl methyl sites for hydroxylation is 2. The van der Waals surface area contributed by atoms with Crippen molar-refractivity contribution < 1.29 is 12.8 Å². The Bertz CT molecular complexity index is 707. The lowest BCUT2D eigenvalue weighted by Gasteiger charge is -2.06. The molecule has 2 heterocycles. The van der Waals surface area contributed by atoms with Gasteiger partial charge in [0.15, 0.2) is 0 Å². The molecule has 0 spiro atoms. The normalized spacial score (nSPS) is 11.6. The van der Waals surface area contributed by atoms with Gasteiger partial charge in [0.05, 0.1) is 18.4 Å². The van der Waals surface area contributed by atoms with E-state index in [1.807, 2.05) is 6.92 Å². The monoisotopic (exact) mass is 295 g/mol. The van der Waals surface area contributed by atoms with Crippen LogP contribution >= 0.6 is 0 Å². The van der Waals surface area contributed by atoms with Gasteiger partial charge in [-0.25, -0.2) is 8.42 Å². The molecule has 0 atom stereocenters. The number of nitrogens with zero attached hydrogens (tertiary/aromatic N) is 1. The summed E-state index contributed by atoms with van der Waals surface area (Å²) in [6, 6.07) is 3.24. The van der Waals surface area contributed by atoms with Crippen LogP contribution in [0, 0.1) is 13.8 Å². The third-order valence-corrected chi connectivity index (χ3v) is 4.18. The van der Waals surface area contributed by atoms with Gasteiger partial charge in [-0.1, -0.05) is 0 Å². The highest BCUT2D eigenvalue weighted by molar-refractivity contribution is 7.92. The van der Waals surface area contributed by atoms with Crippen molar-refractivity contribution in [3.8, 4) is 0 Å². The molecule has 20 heavy (non-hydrogen) atoms. The predicted octanol–water partition coefficient (Wildman–Crippen LogP) is 1.81. The smallest absolute Gasteiger partial charge is 0.265 e. The number of nitrogens with one attached hydrogen (secondary N) is 2. The molecule has 0 radical (unpaired) electrons. The van der Waals surface area contributed by atoms with E-state index in [9.17, 15) is 8.42 Å². The van der Waals surface area contributed by atoms with Crippen LogP contribution in [0.25, 0.3) is 0 Å². The molecule has 108 valence electrons. The number of hydrogen-bond acceptors (Lipinski definition) is 5. The van der Waals surface area contributed by atoms with E-state index in [0.717, 1.165) is 5.56 Å². The first-order valence-corrected chi connectivity index (χ1v) is 7.59. The maximum atomic E-state index is 12.3. The van der Waals surface area contributed by atoms with Gasteiger partial charge >= 0.3 is 0 Å². The van der Waals surface area contributed by atoms with E-state index in [4.69, 9.17) is 4.42 Å². The van der Waals surface area contributed by atoms with E-state index in [-0.39, 0.29) is 4.90 Å². The number of hydrogen-bond donors (Lipinski definition) is 2. The quantitative estimate of drug-likeness (QED) is 0.879. The van der Waals surface area contributed by atoms with Gasteiger partial charge in [0.25, 0.3) is 10.0 Å². The largest absolute Gasteiger partial charge is 0.464 e. The van der Waals surface area contributed by atoms with Gasteiger partial charge in [0.1, 0.15) is 16.4 Å². The summed E-state index contributed by atoms with van der Waals surface area (Å²) in [5, 5.41) is 2.91. The van der Waals surface area contributed by atoms with Crippen molar-refractivity contribution >= 4 is 15.7 Å². The van der Waals surface area contributed by atoms with Crippen LogP contribution in [0.5, 0.6) is 0 Å². The highest BCUT2D eigenvalue weighted by Crippen LogP contribution is 2.22. The van der Waals surface area contributed by atoms with Crippen LogP contribution in [0.3, 0.4) is 0 Å². The molecule has 0 saturated heterocycles. The minimum Gasteiger partial charge on any atom is -0.464 e. The number of pyridine rings is 1. The summed E-state index contributed by atoms with van der Waals surface area (Å²) in [6.07, 6.45) is 3.13. The second-order valence-electron chi connectivity index (χ2n) is 4.52. The molecule has 2 aromatic heterocycles. The van der Waals surface area contributed by atoms with Gasteiger partial charge in [0.2, 0.25) is 0 Å². The van der Waals surface area contributed by atoms with Crippen molar-refractivity contribution in [1.82, 2.24) is 10.3 Å². The van der Waals surface area contributed by atoms with E-state index in [0.29, 0.717) is 23.8 Å². The van der Waals surface area contributed by atoms with Crippen LogP contribution in [-0.4, -0.2) is 20.4 Å². The van der Waals surface area contributed by atoms with Crippen molar-refractivity contribution in [3.05, 3.63) is 41.6 Å². The number of anilines is 1. The Labute approximate surface area is 118 Å². The number of aromatic nitrogens is 1. The fourth-order valence-corrected chi connectivity index (χ4v) is 3.11. The predicted molar refractivity (Wildman–Crippen MR) is 76.0 cm³/mol. The lowest BCUT2D eigenvalue weighted by Crippen LogP contribution is -2.13. The lowest BCUT2D eigenvalue weighted by atomic mass is 10.3. The van der Waals surface area contributed by atoms with E-state index >= 15 is 0 Å². The lowest BCUT2D eigenvalue weighted by molar-refractivity contribution is 0.466. The van der Waals surface area contributed by atoms with Crippen LogP contribution in [0.1, 0.15) is 17.1 Å². The fourth-order valence-electron chi connectivity index (χ4n) is 1.87. The zero-order valence-corrected chi connectivity index (χ0v) is 12.4. The molecule has 7 heteroatoms. The van der Waals surface area contributed by atoms with Crippen LogP contribution in [-0.2, 0) is 16.6 Å². The molecule has 0 amide bonds. The van der Waals surface area contributed by atoms with Gasteiger partial charge < -0.3 is 9.73 Å². The first kappa shape index (κ1) is 14.5. The van der Waals surface area contributed by atoms with E-state index in [1.165, 1.54) is 12.3 Å². The zero-order valence-electron chi connectivity index (χ0n) is 11.6. The molecule has 0 bridgehead atoms. The van der Waals surface area contributed by atoms with Crippen molar-refractivity contribution in [2.75, 3.05) is 11.8 Å². The molecule has 0 aliphatic heterocycles. The first-order chi connectivity index (χ1) is 9.42. The van der Waals surface area contributed by atoms with Crippen molar-refractivity contribution in [2.45, 2.75) is 25.3 Å². The summed E-state index contributed by atoms with van der Waals surface area (Å²) >= 11 is 0. The maximum Gasteiger partial charge on any atom is 0.265 e. The molecule has 0 saturated carbocycles. The summed E-state index contributed by atoms with van der Waals surface area (Å²) in [5.74, 6) is 0.941. The summed E-state index contributed by atoms with van der Waals surface area (Å²) in [5.41, 5.74) is 1.31. The second-order valence-corrected chi connectivity index (χ2v) is 6.17. The van der Waals surface area contributed by atoms with E-state index in [2.05, 4.69) is 15.0 Å². The Morgan fingerprint density at radius 1 is 1.25 bits per heavy atom. The minimum atomic E-state index is -3.67. The van der Waals surface area contributed by atoms with Gasteiger partial charge in [-0.05, 0) is 32.5 Å². The molecule has 0 aliphatic carbocycles. The second kappa shape index (κ2) is 5.64. The van der Waals surface area contributed by atoms with Gasteiger partial charge in [-0.3, -0.25) is 9.71 Å². The summed E-state index contributed by atoms with van der Waals surface area (Å²) < 4.78 is 32.6. The standard InChI is InChI=1S/C13H17N3O3S/c1-9-4-11(7-15-6-9)16-20(17,18)13-5-12(8-14-3)19-10(13)2/h4-7,14,16H,8H2,1-3H3. The molecule has 0 aromatic carbocycles. The summed E-state index contributed by atoms with van der Waals surface area (Å²) in [7, 11) is -1.90. The Morgan fingerprint density at radius 3 is 2.65 bits per heavy atom. The minimum absolute atomic E-state index is 0.143. The van der Waals surface area contributed by atoms with Crippen molar-refractivity contribution in [3.63, 3.8) is 0 Å². The summed E-state index contributed by atoms with van der Waals surface area (Å²) in [6.45, 7) is 3.95. The number of rotatable bonds is 5. The Morgan fingerprint density at radius 2 is 2.00 bits per heavy atom. The van der Waals surface area contributed by atoms with Crippen LogP contribution < -0.4 is 10.0 Å². The van der Waals surface area contributed by atoms with Crippen molar-refractivity contribution in [1.29, 1.82) is 0 Å². The average molecular weight is 295 g/mol.